The van der Waals surface area contributed by atoms with Crippen molar-refractivity contribution in [2.45, 2.75) is 45.1 Å². The van der Waals surface area contributed by atoms with Crippen molar-refractivity contribution in [1.82, 2.24) is 10.2 Å². The third-order valence-electron chi connectivity index (χ3n) is 3.14. The van der Waals surface area contributed by atoms with Gasteiger partial charge in [0, 0.05) is 32.8 Å². The number of ether oxygens (including phenoxy) is 1. The van der Waals surface area contributed by atoms with Crippen molar-refractivity contribution in [2.75, 3.05) is 39.9 Å². The quantitative estimate of drug-likeness (QED) is 0.546. The second-order valence-corrected chi connectivity index (χ2v) is 4.72. The Morgan fingerprint density at radius 3 is 2.62 bits per heavy atom. The zero-order chi connectivity index (χ0) is 11.6. The summed E-state index contributed by atoms with van der Waals surface area (Å²) in [5.41, 5.74) is 0. The van der Waals surface area contributed by atoms with E-state index in [1.165, 1.54) is 38.8 Å². The van der Waals surface area contributed by atoms with Gasteiger partial charge in [-0.05, 0) is 38.8 Å². The van der Waals surface area contributed by atoms with Gasteiger partial charge in [-0.2, -0.15) is 0 Å². The van der Waals surface area contributed by atoms with Crippen LogP contribution in [-0.2, 0) is 4.74 Å². The number of hydrogen-bond donors (Lipinski definition) is 1. The Kier molecular flexibility index (Phi) is 7.81. The van der Waals surface area contributed by atoms with Crippen LogP contribution in [0, 0.1) is 0 Å². The molecule has 3 heteroatoms. The fourth-order valence-electron chi connectivity index (χ4n) is 1.97. The van der Waals surface area contributed by atoms with E-state index in [9.17, 15) is 0 Å². The van der Waals surface area contributed by atoms with E-state index in [1.807, 2.05) is 0 Å². The van der Waals surface area contributed by atoms with E-state index in [0.717, 1.165) is 32.2 Å². The average molecular weight is 228 g/mol. The molecule has 0 amide bonds. The number of nitrogens with one attached hydrogen (secondary N) is 1. The molecule has 1 aliphatic carbocycles. The molecule has 0 aliphatic heterocycles. The van der Waals surface area contributed by atoms with Crippen LogP contribution in [0.5, 0.6) is 0 Å². The molecule has 0 saturated heterocycles. The highest BCUT2D eigenvalue weighted by molar-refractivity contribution is 4.84. The summed E-state index contributed by atoms with van der Waals surface area (Å²) in [6.07, 6.45) is 6.63. The van der Waals surface area contributed by atoms with Crippen LogP contribution in [0.1, 0.15) is 39.0 Å². The zero-order valence-corrected chi connectivity index (χ0v) is 11.0. The molecule has 1 aliphatic rings. The van der Waals surface area contributed by atoms with Crippen LogP contribution in [0.25, 0.3) is 0 Å². The van der Waals surface area contributed by atoms with Gasteiger partial charge in [-0.3, -0.25) is 4.90 Å². The number of nitrogens with zero attached hydrogens (tertiary/aromatic N) is 1. The topological polar surface area (TPSA) is 24.5 Å². The van der Waals surface area contributed by atoms with E-state index in [2.05, 4.69) is 17.1 Å². The maximum Gasteiger partial charge on any atom is 0.0474 e. The highest BCUT2D eigenvalue weighted by atomic mass is 16.5. The van der Waals surface area contributed by atoms with Crippen LogP contribution in [-0.4, -0.2) is 50.8 Å². The van der Waals surface area contributed by atoms with Gasteiger partial charge in [-0.15, -0.1) is 0 Å². The highest BCUT2D eigenvalue weighted by Crippen LogP contribution is 2.26. The predicted octanol–water partition coefficient (Wildman–Crippen LogP) is 1.88. The van der Waals surface area contributed by atoms with E-state index >= 15 is 0 Å². The molecule has 0 aromatic rings. The Bertz CT molecular complexity index is 160. The average Bonchev–Trinajstić information content (AvgIpc) is 3.11. The van der Waals surface area contributed by atoms with Crippen molar-refractivity contribution in [3.8, 4) is 0 Å². The first-order chi connectivity index (χ1) is 7.88. The van der Waals surface area contributed by atoms with E-state index in [-0.39, 0.29) is 0 Å². The van der Waals surface area contributed by atoms with Crippen LogP contribution < -0.4 is 5.32 Å². The molecule has 1 N–H and O–H groups in total. The van der Waals surface area contributed by atoms with Crippen LogP contribution in [0.15, 0.2) is 0 Å². The number of methoxy groups -OCH3 is 1. The molecule has 3 nitrogen and oxygen atoms in total. The Morgan fingerprint density at radius 1 is 1.19 bits per heavy atom. The molecule has 0 aromatic carbocycles. The smallest absolute Gasteiger partial charge is 0.0474 e. The van der Waals surface area contributed by atoms with Gasteiger partial charge in [0.1, 0.15) is 0 Å². The third-order valence-corrected chi connectivity index (χ3v) is 3.14. The Morgan fingerprint density at radius 2 is 2.00 bits per heavy atom. The van der Waals surface area contributed by atoms with E-state index in [4.69, 9.17) is 4.74 Å². The zero-order valence-electron chi connectivity index (χ0n) is 11.0. The number of unbranched alkanes of at least 4 members (excludes halogenated alkanes) is 1. The summed E-state index contributed by atoms with van der Waals surface area (Å²) in [6, 6.07) is 0.910. The lowest BCUT2D eigenvalue weighted by Crippen LogP contribution is -2.35. The summed E-state index contributed by atoms with van der Waals surface area (Å²) in [4.78, 5) is 2.66. The van der Waals surface area contributed by atoms with Crippen molar-refractivity contribution < 1.29 is 4.74 Å². The summed E-state index contributed by atoms with van der Waals surface area (Å²) < 4.78 is 5.02. The Hall–Kier alpha value is -0.120. The van der Waals surface area contributed by atoms with Crippen molar-refractivity contribution in [2.24, 2.45) is 0 Å². The Labute approximate surface area is 101 Å². The fraction of sp³-hybridized carbons (Fsp3) is 1.00. The first-order valence-corrected chi connectivity index (χ1v) is 6.82. The lowest BCUT2D eigenvalue weighted by atomic mass is 10.3. The molecule has 1 rings (SSSR count). The maximum atomic E-state index is 5.02. The molecule has 0 unspecified atom stereocenters. The van der Waals surface area contributed by atoms with E-state index < -0.39 is 0 Å². The standard InChI is InChI=1S/C13H28N2O/c1-3-4-10-15(13-6-7-13)11-9-14-8-5-12-16-2/h13-14H,3-12H2,1-2H3. The molecule has 16 heavy (non-hydrogen) atoms. The normalized spacial score (nSPS) is 15.9. The fourth-order valence-corrected chi connectivity index (χ4v) is 1.97. The third kappa shape index (κ3) is 6.46. The summed E-state index contributed by atoms with van der Waals surface area (Å²) in [6.45, 7) is 7.87. The van der Waals surface area contributed by atoms with Gasteiger partial charge in [0.25, 0.3) is 0 Å². The van der Waals surface area contributed by atoms with Gasteiger partial charge >= 0.3 is 0 Å². The van der Waals surface area contributed by atoms with Crippen molar-refractivity contribution in [3.63, 3.8) is 0 Å². The summed E-state index contributed by atoms with van der Waals surface area (Å²) >= 11 is 0. The maximum absolute atomic E-state index is 5.02. The monoisotopic (exact) mass is 228 g/mol. The molecule has 1 saturated carbocycles. The van der Waals surface area contributed by atoms with Gasteiger partial charge in [0.05, 0.1) is 0 Å². The summed E-state index contributed by atoms with van der Waals surface area (Å²) in [5, 5.41) is 3.49. The van der Waals surface area contributed by atoms with E-state index in [0.29, 0.717) is 0 Å². The van der Waals surface area contributed by atoms with Gasteiger partial charge in [0.2, 0.25) is 0 Å². The molecule has 1 fully saturated rings. The largest absolute Gasteiger partial charge is 0.385 e. The molecule has 0 spiro atoms. The predicted molar refractivity (Wildman–Crippen MR) is 68.9 cm³/mol. The number of rotatable bonds is 11. The lowest BCUT2D eigenvalue weighted by molar-refractivity contribution is 0.193. The summed E-state index contributed by atoms with van der Waals surface area (Å²) in [7, 11) is 1.76. The minimum atomic E-state index is 0.870. The van der Waals surface area contributed by atoms with E-state index in [1.54, 1.807) is 7.11 Å². The van der Waals surface area contributed by atoms with Crippen LogP contribution in [0.3, 0.4) is 0 Å². The second kappa shape index (κ2) is 8.97. The van der Waals surface area contributed by atoms with Gasteiger partial charge in [0.15, 0.2) is 0 Å². The molecule has 96 valence electrons. The first kappa shape index (κ1) is 13.9. The number of hydrogen-bond acceptors (Lipinski definition) is 3. The van der Waals surface area contributed by atoms with Crippen LogP contribution in [0.2, 0.25) is 0 Å². The molecule has 0 aromatic heterocycles. The molecule has 0 bridgehead atoms. The minimum Gasteiger partial charge on any atom is -0.385 e. The van der Waals surface area contributed by atoms with Crippen molar-refractivity contribution >= 4 is 0 Å². The summed E-state index contributed by atoms with van der Waals surface area (Å²) in [5.74, 6) is 0. The van der Waals surface area contributed by atoms with Gasteiger partial charge in [-0.1, -0.05) is 13.3 Å². The highest BCUT2D eigenvalue weighted by Gasteiger charge is 2.27. The van der Waals surface area contributed by atoms with Crippen LogP contribution in [0.4, 0.5) is 0 Å². The van der Waals surface area contributed by atoms with Crippen molar-refractivity contribution in [3.05, 3.63) is 0 Å². The molecular weight excluding hydrogens is 200 g/mol. The van der Waals surface area contributed by atoms with Crippen LogP contribution >= 0.6 is 0 Å². The SMILES string of the molecule is CCCCN(CCNCCCOC)C1CC1. The minimum absolute atomic E-state index is 0.870. The lowest BCUT2D eigenvalue weighted by Gasteiger charge is -2.21. The van der Waals surface area contributed by atoms with Crippen molar-refractivity contribution in [1.29, 1.82) is 0 Å². The Balaban J connectivity index is 1.95. The molecule has 0 atom stereocenters. The second-order valence-electron chi connectivity index (χ2n) is 4.72. The molecule has 0 heterocycles. The first-order valence-electron chi connectivity index (χ1n) is 6.82. The molecule has 0 radical (unpaired) electrons. The van der Waals surface area contributed by atoms with Gasteiger partial charge < -0.3 is 10.1 Å². The molecular formula is C13H28N2O. The van der Waals surface area contributed by atoms with Gasteiger partial charge in [-0.25, -0.2) is 0 Å².